The van der Waals surface area contributed by atoms with Gasteiger partial charge in [0.25, 0.3) is 0 Å². The molecule has 2 aromatic rings. The molecule has 0 aliphatic carbocycles. The molecule has 0 radical (unpaired) electrons. The van der Waals surface area contributed by atoms with E-state index in [1.54, 1.807) is 12.1 Å². The van der Waals surface area contributed by atoms with E-state index in [1.807, 2.05) is 32.1 Å². The van der Waals surface area contributed by atoms with Crippen LogP contribution in [0.25, 0.3) is 0 Å². The van der Waals surface area contributed by atoms with Crippen LogP contribution in [0.2, 0.25) is 0 Å². The second kappa shape index (κ2) is 7.70. The Morgan fingerprint density at radius 3 is 2.44 bits per heavy atom. The molecule has 0 spiro atoms. The molecule has 0 unspecified atom stereocenters. The van der Waals surface area contributed by atoms with E-state index in [0.717, 1.165) is 17.5 Å². The summed E-state index contributed by atoms with van der Waals surface area (Å²) in [6.45, 7) is 3.37. The van der Waals surface area contributed by atoms with E-state index in [2.05, 4.69) is 9.97 Å². The summed E-state index contributed by atoms with van der Waals surface area (Å²) >= 11 is 0. The van der Waals surface area contributed by atoms with Gasteiger partial charge in [-0.15, -0.1) is 0 Å². The number of ether oxygens (including phenoxy) is 1. The van der Waals surface area contributed by atoms with Crippen LogP contribution in [0.15, 0.2) is 24.5 Å². The van der Waals surface area contributed by atoms with Crippen molar-refractivity contribution >= 4 is 11.5 Å². The summed E-state index contributed by atoms with van der Waals surface area (Å²) in [6.07, 6.45) is 1.10. The van der Waals surface area contributed by atoms with Crippen LogP contribution in [-0.4, -0.2) is 28.0 Å². The van der Waals surface area contributed by atoms with Gasteiger partial charge in [-0.05, 0) is 37.1 Å². The van der Waals surface area contributed by atoms with Crippen molar-refractivity contribution in [3.05, 3.63) is 45.8 Å². The zero-order chi connectivity index (χ0) is 18.4. The van der Waals surface area contributed by atoms with Gasteiger partial charge in [-0.1, -0.05) is 6.07 Å². The maximum absolute atomic E-state index is 11.5. The lowest BCUT2D eigenvalue weighted by Crippen LogP contribution is -2.26. The fourth-order valence-corrected chi connectivity index (χ4v) is 2.09. The molecule has 0 aliphatic heterocycles. The molecular weight excluding hydrogens is 324 g/mol. The lowest BCUT2D eigenvalue weighted by Gasteiger charge is -2.17. The third kappa shape index (κ3) is 3.98. The fraction of sp³-hybridized carbons (Fsp3) is 0.250. The highest BCUT2D eigenvalue weighted by Crippen LogP contribution is 2.36. The first-order chi connectivity index (χ1) is 12.0. The number of rotatable bonds is 6. The molecule has 0 atom stereocenters. The first-order valence-electron chi connectivity index (χ1n) is 7.21. The van der Waals surface area contributed by atoms with Gasteiger partial charge in [0, 0.05) is 0 Å². The molecule has 9 heteroatoms. The lowest BCUT2D eigenvalue weighted by molar-refractivity contribution is -0.385. The van der Waals surface area contributed by atoms with E-state index in [1.165, 1.54) is 4.90 Å². The van der Waals surface area contributed by atoms with Crippen LogP contribution in [0, 0.1) is 46.6 Å². The van der Waals surface area contributed by atoms with Crippen molar-refractivity contribution in [1.82, 2.24) is 9.97 Å². The van der Waals surface area contributed by atoms with E-state index < -0.39 is 10.6 Å². The fourth-order valence-electron chi connectivity index (χ4n) is 2.09. The number of hydrogen-bond donors (Lipinski definition) is 0. The number of hydrogen-bond acceptors (Lipinski definition) is 8. The summed E-state index contributed by atoms with van der Waals surface area (Å²) < 4.78 is 5.57. The highest BCUT2D eigenvalue weighted by atomic mass is 16.6. The third-order valence-electron chi connectivity index (χ3n) is 3.47. The molecule has 1 heterocycles. The molecular formula is C16H14N6O3. The molecule has 0 aliphatic rings. The summed E-state index contributed by atoms with van der Waals surface area (Å²) in [5.74, 6) is 0.00373. The SMILES string of the molecule is Cc1ccc(Oc2ncnc(N(CC#N)CC#N)c2[N+](=O)[O-])cc1C. The van der Waals surface area contributed by atoms with Crippen LogP contribution in [-0.2, 0) is 0 Å². The zero-order valence-electron chi connectivity index (χ0n) is 13.6. The Kier molecular flexibility index (Phi) is 5.43. The maximum Gasteiger partial charge on any atom is 0.373 e. The van der Waals surface area contributed by atoms with Crippen LogP contribution >= 0.6 is 0 Å². The molecule has 25 heavy (non-hydrogen) atoms. The molecule has 0 amide bonds. The van der Waals surface area contributed by atoms with Crippen LogP contribution in [0.1, 0.15) is 11.1 Å². The number of nitriles is 2. The maximum atomic E-state index is 11.5. The second-order valence-electron chi connectivity index (χ2n) is 5.13. The second-order valence-corrected chi connectivity index (χ2v) is 5.13. The van der Waals surface area contributed by atoms with Crippen molar-refractivity contribution < 1.29 is 9.66 Å². The van der Waals surface area contributed by atoms with Gasteiger partial charge in [-0.2, -0.15) is 15.5 Å². The Balaban J connectivity index is 2.50. The average molecular weight is 338 g/mol. The predicted octanol–water partition coefficient (Wildman–Crippen LogP) is 2.65. The Hall–Kier alpha value is -3.72. The summed E-state index contributed by atoms with van der Waals surface area (Å²) in [5.41, 5.74) is 1.52. The highest BCUT2D eigenvalue weighted by molar-refractivity contribution is 5.64. The molecule has 1 aromatic carbocycles. The quantitative estimate of drug-likeness (QED) is 0.446. The van der Waals surface area contributed by atoms with Crippen molar-refractivity contribution in [2.24, 2.45) is 0 Å². The van der Waals surface area contributed by atoms with Crippen LogP contribution in [0.5, 0.6) is 11.6 Å². The van der Waals surface area contributed by atoms with Crippen molar-refractivity contribution in [2.45, 2.75) is 13.8 Å². The minimum atomic E-state index is -0.687. The number of aromatic nitrogens is 2. The minimum absolute atomic E-state index is 0.137. The summed E-state index contributed by atoms with van der Waals surface area (Å²) in [5, 5.41) is 29.3. The number of anilines is 1. The summed E-state index contributed by atoms with van der Waals surface area (Å²) in [4.78, 5) is 19.7. The van der Waals surface area contributed by atoms with Gasteiger partial charge < -0.3 is 9.64 Å². The Morgan fingerprint density at radius 2 is 1.88 bits per heavy atom. The third-order valence-corrected chi connectivity index (χ3v) is 3.47. The van der Waals surface area contributed by atoms with Gasteiger partial charge in [-0.3, -0.25) is 10.1 Å². The monoisotopic (exact) mass is 338 g/mol. The smallest absolute Gasteiger partial charge is 0.373 e. The molecule has 9 nitrogen and oxygen atoms in total. The first-order valence-corrected chi connectivity index (χ1v) is 7.21. The lowest BCUT2D eigenvalue weighted by atomic mass is 10.1. The van der Waals surface area contributed by atoms with Gasteiger partial charge in [-0.25, -0.2) is 4.98 Å². The Morgan fingerprint density at radius 1 is 1.20 bits per heavy atom. The zero-order valence-corrected chi connectivity index (χ0v) is 13.6. The van der Waals surface area contributed by atoms with Gasteiger partial charge in [0.2, 0.25) is 5.82 Å². The topological polar surface area (TPSA) is 129 Å². The minimum Gasteiger partial charge on any atom is -0.434 e. The van der Waals surface area contributed by atoms with Gasteiger partial charge >= 0.3 is 11.6 Å². The van der Waals surface area contributed by atoms with Crippen LogP contribution in [0.4, 0.5) is 11.5 Å². The van der Waals surface area contributed by atoms with E-state index >= 15 is 0 Å². The van der Waals surface area contributed by atoms with Crippen LogP contribution < -0.4 is 9.64 Å². The summed E-state index contributed by atoms with van der Waals surface area (Å²) in [7, 11) is 0. The number of nitrogens with zero attached hydrogens (tertiary/aromatic N) is 6. The van der Waals surface area contributed by atoms with E-state index in [0.29, 0.717) is 5.75 Å². The van der Waals surface area contributed by atoms with Gasteiger partial charge in [0.05, 0.1) is 17.1 Å². The van der Waals surface area contributed by atoms with E-state index in [-0.39, 0.29) is 24.8 Å². The normalized spacial score (nSPS) is 9.76. The number of aryl methyl sites for hydroxylation is 2. The molecule has 0 fully saturated rings. The highest BCUT2D eigenvalue weighted by Gasteiger charge is 2.28. The van der Waals surface area contributed by atoms with E-state index in [9.17, 15) is 10.1 Å². The Labute approximate surface area is 143 Å². The summed E-state index contributed by atoms with van der Waals surface area (Å²) in [6, 6.07) is 8.95. The first kappa shape index (κ1) is 17.6. The predicted molar refractivity (Wildman–Crippen MR) is 88.1 cm³/mol. The Bertz CT molecular complexity index is 868. The van der Waals surface area contributed by atoms with Crippen molar-refractivity contribution in [2.75, 3.05) is 18.0 Å². The number of benzene rings is 1. The van der Waals surface area contributed by atoms with E-state index in [4.69, 9.17) is 15.3 Å². The molecule has 2 rings (SSSR count). The molecule has 0 N–H and O–H groups in total. The average Bonchev–Trinajstić information content (AvgIpc) is 2.57. The molecule has 0 saturated carbocycles. The van der Waals surface area contributed by atoms with Crippen molar-refractivity contribution in [3.63, 3.8) is 0 Å². The van der Waals surface area contributed by atoms with Crippen molar-refractivity contribution in [1.29, 1.82) is 10.5 Å². The molecule has 1 aromatic heterocycles. The van der Waals surface area contributed by atoms with Gasteiger partial charge in [0.15, 0.2) is 0 Å². The largest absolute Gasteiger partial charge is 0.434 e. The van der Waals surface area contributed by atoms with Gasteiger partial charge in [0.1, 0.15) is 25.2 Å². The van der Waals surface area contributed by atoms with Crippen LogP contribution in [0.3, 0.4) is 0 Å². The van der Waals surface area contributed by atoms with Crippen molar-refractivity contribution in [3.8, 4) is 23.8 Å². The number of nitro groups is 1. The molecule has 126 valence electrons. The molecule has 0 bridgehead atoms. The molecule has 0 saturated heterocycles. The standard InChI is InChI=1S/C16H14N6O3/c1-11-3-4-13(9-12(11)2)25-16-14(22(23)24)15(19-10-20-16)21(7-5-17)8-6-18/h3-4,9-10H,7-8H2,1-2H3.